The minimum absolute atomic E-state index is 0.205. The van der Waals surface area contributed by atoms with Crippen LogP contribution in [0.1, 0.15) is 35.4 Å². The fourth-order valence-corrected chi connectivity index (χ4v) is 3.80. The van der Waals surface area contributed by atoms with Crippen LogP contribution in [0, 0.1) is 0 Å². The van der Waals surface area contributed by atoms with E-state index in [1.807, 2.05) is 41.0 Å². The van der Waals surface area contributed by atoms with Crippen molar-refractivity contribution in [3.63, 3.8) is 0 Å². The highest BCUT2D eigenvalue weighted by molar-refractivity contribution is 5.77. The molecule has 1 aliphatic rings. The molecule has 1 amide bonds. The van der Waals surface area contributed by atoms with Crippen LogP contribution in [0.2, 0.25) is 0 Å². The number of benzene rings is 2. The van der Waals surface area contributed by atoms with Gasteiger partial charge in [0.1, 0.15) is 0 Å². The van der Waals surface area contributed by atoms with E-state index >= 15 is 0 Å². The Labute approximate surface area is 154 Å². The summed E-state index contributed by atoms with van der Waals surface area (Å²) < 4.78 is 1.83. The van der Waals surface area contributed by atoms with Crippen molar-refractivity contribution in [1.29, 1.82) is 0 Å². The molecule has 0 radical (unpaired) electrons. The topological polar surface area (TPSA) is 38.1 Å². The third-order valence-corrected chi connectivity index (χ3v) is 5.20. The van der Waals surface area contributed by atoms with E-state index in [1.54, 1.807) is 6.20 Å². The zero-order valence-corrected chi connectivity index (χ0v) is 15.0. The summed E-state index contributed by atoms with van der Waals surface area (Å²) in [5.41, 5.74) is 4.88. The average molecular weight is 345 g/mol. The molecule has 132 valence electrons. The molecule has 3 aromatic rings. The van der Waals surface area contributed by atoms with Crippen LogP contribution in [0.3, 0.4) is 0 Å². The summed E-state index contributed by atoms with van der Waals surface area (Å²) in [6.07, 6.45) is 6.44. The van der Waals surface area contributed by atoms with Crippen molar-refractivity contribution in [2.45, 2.75) is 31.7 Å². The minimum Gasteiger partial charge on any atom is -0.341 e. The molecule has 4 nitrogen and oxygen atoms in total. The molecule has 0 bridgehead atoms. The number of carbonyl (C=O) groups excluding carboxylic acids is 1. The number of fused-ring (bicyclic) bond motifs is 1. The summed E-state index contributed by atoms with van der Waals surface area (Å²) in [5, 5.41) is 4.27. The molecule has 0 N–H and O–H groups in total. The molecule has 0 aliphatic heterocycles. The zero-order chi connectivity index (χ0) is 17.9. The van der Waals surface area contributed by atoms with E-state index in [2.05, 4.69) is 41.5 Å². The van der Waals surface area contributed by atoms with Gasteiger partial charge in [-0.1, -0.05) is 36.4 Å². The lowest BCUT2D eigenvalue weighted by atomic mass is 9.97. The standard InChI is InChI=1S/C22H23N3O/c1-24(16-17-6-4-8-20(14-17)25-13-5-12-23-25)22(26)15-19-11-10-18-7-2-3-9-21(18)19/h2-9,12-14,19H,10-11,15-16H2,1H3/t19-/m1/s1. The largest absolute Gasteiger partial charge is 0.341 e. The number of hydrogen-bond acceptors (Lipinski definition) is 2. The molecule has 4 rings (SSSR count). The highest BCUT2D eigenvalue weighted by Gasteiger charge is 2.25. The predicted octanol–water partition coefficient (Wildman–Crippen LogP) is 3.95. The highest BCUT2D eigenvalue weighted by Crippen LogP contribution is 2.35. The summed E-state index contributed by atoms with van der Waals surface area (Å²) in [4.78, 5) is 14.6. The number of nitrogens with zero attached hydrogens (tertiary/aromatic N) is 3. The van der Waals surface area contributed by atoms with Crippen LogP contribution in [0.5, 0.6) is 0 Å². The van der Waals surface area contributed by atoms with Gasteiger partial charge in [0, 0.05) is 32.4 Å². The Kier molecular flexibility index (Phi) is 4.57. The van der Waals surface area contributed by atoms with Crippen LogP contribution in [0.15, 0.2) is 67.0 Å². The van der Waals surface area contributed by atoms with Crippen molar-refractivity contribution in [3.05, 3.63) is 83.7 Å². The molecule has 2 aromatic carbocycles. The molecule has 0 fully saturated rings. The van der Waals surface area contributed by atoms with Crippen molar-refractivity contribution < 1.29 is 4.79 Å². The summed E-state index contributed by atoms with van der Waals surface area (Å²) >= 11 is 0. The maximum absolute atomic E-state index is 12.7. The Morgan fingerprint density at radius 3 is 2.92 bits per heavy atom. The summed E-state index contributed by atoms with van der Waals surface area (Å²) in [6, 6.07) is 18.6. The summed E-state index contributed by atoms with van der Waals surface area (Å²) in [5.74, 6) is 0.563. The van der Waals surface area contributed by atoms with Gasteiger partial charge in [-0.2, -0.15) is 5.10 Å². The fourth-order valence-electron chi connectivity index (χ4n) is 3.80. The van der Waals surface area contributed by atoms with E-state index < -0.39 is 0 Å². The van der Waals surface area contributed by atoms with Gasteiger partial charge in [-0.15, -0.1) is 0 Å². The van der Waals surface area contributed by atoms with Gasteiger partial charge in [0.2, 0.25) is 5.91 Å². The van der Waals surface area contributed by atoms with Crippen molar-refractivity contribution in [1.82, 2.24) is 14.7 Å². The lowest BCUT2D eigenvalue weighted by Gasteiger charge is -2.20. The van der Waals surface area contributed by atoms with Gasteiger partial charge in [0.05, 0.1) is 5.69 Å². The van der Waals surface area contributed by atoms with Crippen LogP contribution in [-0.2, 0) is 17.8 Å². The van der Waals surface area contributed by atoms with Gasteiger partial charge in [0.15, 0.2) is 0 Å². The molecule has 1 atom stereocenters. The van der Waals surface area contributed by atoms with Crippen LogP contribution in [0.25, 0.3) is 5.69 Å². The first-order valence-corrected chi connectivity index (χ1v) is 9.11. The van der Waals surface area contributed by atoms with Crippen LogP contribution in [-0.4, -0.2) is 27.6 Å². The van der Waals surface area contributed by atoms with E-state index in [4.69, 9.17) is 0 Å². The number of amides is 1. The zero-order valence-electron chi connectivity index (χ0n) is 15.0. The summed E-state index contributed by atoms with van der Waals surface area (Å²) in [7, 11) is 1.89. The van der Waals surface area contributed by atoms with Gasteiger partial charge >= 0.3 is 0 Å². The third-order valence-electron chi connectivity index (χ3n) is 5.20. The van der Waals surface area contributed by atoms with Crippen molar-refractivity contribution >= 4 is 5.91 Å². The molecule has 1 aromatic heterocycles. The Hall–Kier alpha value is -2.88. The van der Waals surface area contributed by atoms with Gasteiger partial charge in [-0.05, 0) is 53.6 Å². The number of rotatable bonds is 5. The molecule has 1 aliphatic carbocycles. The van der Waals surface area contributed by atoms with Gasteiger partial charge in [-0.25, -0.2) is 4.68 Å². The van der Waals surface area contributed by atoms with Crippen LogP contribution < -0.4 is 0 Å². The molecule has 0 unspecified atom stereocenters. The monoisotopic (exact) mass is 345 g/mol. The van der Waals surface area contributed by atoms with E-state index in [1.165, 1.54) is 11.1 Å². The third kappa shape index (κ3) is 3.40. The second-order valence-corrected chi connectivity index (χ2v) is 7.01. The Morgan fingerprint density at radius 1 is 1.19 bits per heavy atom. The van der Waals surface area contributed by atoms with E-state index in [-0.39, 0.29) is 5.91 Å². The number of hydrogen-bond donors (Lipinski definition) is 0. The lowest BCUT2D eigenvalue weighted by Crippen LogP contribution is -2.27. The first-order chi connectivity index (χ1) is 12.7. The minimum atomic E-state index is 0.205. The lowest BCUT2D eigenvalue weighted by molar-refractivity contribution is -0.130. The Balaban J connectivity index is 1.41. The Bertz CT molecular complexity index is 901. The molecule has 26 heavy (non-hydrogen) atoms. The van der Waals surface area contributed by atoms with Crippen LogP contribution in [0.4, 0.5) is 0 Å². The maximum Gasteiger partial charge on any atom is 0.223 e. The molecular formula is C22H23N3O. The van der Waals surface area contributed by atoms with Crippen molar-refractivity contribution in [3.8, 4) is 5.69 Å². The van der Waals surface area contributed by atoms with E-state index in [9.17, 15) is 4.79 Å². The SMILES string of the molecule is CN(Cc1cccc(-n2cccn2)c1)C(=O)C[C@H]1CCc2ccccc21. The maximum atomic E-state index is 12.7. The first kappa shape index (κ1) is 16.6. The first-order valence-electron chi connectivity index (χ1n) is 9.11. The highest BCUT2D eigenvalue weighted by atomic mass is 16.2. The van der Waals surface area contributed by atoms with E-state index in [0.717, 1.165) is 24.1 Å². The molecule has 4 heteroatoms. The normalized spacial score (nSPS) is 15.7. The van der Waals surface area contributed by atoms with Crippen molar-refractivity contribution in [2.75, 3.05) is 7.05 Å². The second-order valence-electron chi connectivity index (χ2n) is 7.01. The summed E-state index contributed by atoms with van der Waals surface area (Å²) in [6.45, 7) is 0.613. The van der Waals surface area contributed by atoms with Gasteiger partial charge in [-0.3, -0.25) is 4.79 Å². The number of aromatic nitrogens is 2. The van der Waals surface area contributed by atoms with Crippen molar-refractivity contribution in [2.24, 2.45) is 0 Å². The second kappa shape index (κ2) is 7.16. The van der Waals surface area contributed by atoms with Gasteiger partial charge < -0.3 is 4.90 Å². The van der Waals surface area contributed by atoms with Gasteiger partial charge in [0.25, 0.3) is 0 Å². The average Bonchev–Trinajstić information content (AvgIpc) is 3.32. The quantitative estimate of drug-likeness (QED) is 0.702. The Morgan fingerprint density at radius 2 is 2.08 bits per heavy atom. The molecule has 1 heterocycles. The molecule has 0 saturated heterocycles. The molecule has 0 spiro atoms. The smallest absolute Gasteiger partial charge is 0.223 e. The van der Waals surface area contributed by atoms with Crippen LogP contribution >= 0.6 is 0 Å². The predicted molar refractivity (Wildman–Crippen MR) is 102 cm³/mol. The molecular weight excluding hydrogens is 322 g/mol. The molecule has 0 saturated carbocycles. The number of carbonyl (C=O) groups is 1. The fraction of sp³-hybridized carbons (Fsp3) is 0.273. The van der Waals surface area contributed by atoms with E-state index in [0.29, 0.717) is 18.9 Å². The number of aryl methyl sites for hydroxylation is 1.